The molecule has 1 amide bonds. The molecule has 1 heterocycles. The van der Waals surface area contributed by atoms with Crippen LogP contribution in [-0.2, 0) is 11.3 Å². The maximum absolute atomic E-state index is 12.1. The van der Waals surface area contributed by atoms with Crippen LogP contribution in [0, 0.1) is 5.92 Å². The summed E-state index contributed by atoms with van der Waals surface area (Å²) in [4.78, 5) is 14.4. The fourth-order valence-corrected chi connectivity index (χ4v) is 2.88. The first-order valence-electron chi connectivity index (χ1n) is 8.39. The first-order valence-corrected chi connectivity index (χ1v) is 8.39. The molecular weight excluding hydrogens is 274 g/mol. The van der Waals surface area contributed by atoms with E-state index in [-0.39, 0.29) is 11.8 Å². The van der Waals surface area contributed by atoms with Crippen molar-refractivity contribution in [2.45, 2.75) is 38.8 Å². The number of hydrogen-bond donors (Lipinski definition) is 2. The third kappa shape index (κ3) is 5.43. The van der Waals surface area contributed by atoms with Gasteiger partial charge in [-0.05, 0) is 51.9 Å². The Morgan fingerprint density at radius 1 is 1.32 bits per heavy atom. The van der Waals surface area contributed by atoms with E-state index in [1.165, 1.54) is 5.56 Å². The highest BCUT2D eigenvalue weighted by molar-refractivity contribution is 5.78. The molecule has 0 bridgehead atoms. The molecule has 1 atom stereocenters. The van der Waals surface area contributed by atoms with Crippen LogP contribution in [0.25, 0.3) is 0 Å². The smallest absolute Gasteiger partial charge is 0.223 e. The van der Waals surface area contributed by atoms with E-state index >= 15 is 0 Å². The number of hydrogen-bond acceptors (Lipinski definition) is 3. The van der Waals surface area contributed by atoms with Crippen LogP contribution in [-0.4, -0.2) is 43.5 Å². The van der Waals surface area contributed by atoms with E-state index in [1.54, 1.807) is 0 Å². The van der Waals surface area contributed by atoms with E-state index < -0.39 is 0 Å². The van der Waals surface area contributed by atoms with Gasteiger partial charge in [-0.1, -0.05) is 30.3 Å². The lowest BCUT2D eigenvalue weighted by Crippen LogP contribution is -2.40. The molecule has 1 unspecified atom stereocenters. The van der Waals surface area contributed by atoms with Gasteiger partial charge in [-0.3, -0.25) is 9.69 Å². The molecule has 1 aliphatic rings. The Bertz CT molecular complexity index is 443. The number of carbonyl (C=O) groups is 1. The molecule has 122 valence electrons. The third-order valence-corrected chi connectivity index (χ3v) is 4.60. The number of benzene rings is 1. The molecule has 2 rings (SSSR count). The van der Waals surface area contributed by atoms with Gasteiger partial charge in [0.2, 0.25) is 5.91 Å². The van der Waals surface area contributed by atoms with E-state index in [1.807, 2.05) is 6.07 Å². The largest absolute Gasteiger partial charge is 0.356 e. The minimum Gasteiger partial charge on any atom is -0.356 e. The molecule has 0 saturated carbocycles. The zero-order valence-electron chi connectivity index (χ0n) is 13.8. The lowest BCUT2D eigenvalue weighted by molar-refractivity contribution is -0.125. The van der Waals surface area contributed by atoms with Gasteiger partial charge >= 0.3 is 0 Å². The van der Waals surface area contributed by atoms with Gasteiger partial charge in [-0.2, -0.15) is 0 Å². The highest BCUT2D eigenvalue weighted by Gasteiger charge is 2.20. The second kappa shape index (κ2) is 8.91. The van der Waals surface area contributed by atoms with Gasteiger partial charge in [-0.25, -0.2) is 0 Å². The van der Waals surface area contributed by atoms with Crippen LogP contribution < -0.4 is 10.6 Å². The summed E-state index contributed by atoms with van der Waals surface area (Å²) in [5.74, 6) is 0.443. The summed E-state index contributed by atoms with van der Waals surface area (Å²) in [6.07, 6.45) is 2.92. The molecule has 0 spiro atoms. The number of carbonyl (C=O) groups excluding carboxylic acids is 1. The minimum atomic E-state index is 0.207. The average molecular weight is 303 g/mol. The van der Waals surface area contributed by atoms with Crippen LogP contribution >= 0.6 is 0 Å². The van der Waals surface area contributed by atoms with Crippen molar-refractivity contribution in [3.8, 4) is 0 Å². The second-order valence-electron chi connectivity index (χ2n) is 6.35. The van der Waals surface area contributed by atoms with Crippen LogP contribution in [0.1, 0.15) is 31.7 Å². The maximum atomic E-state index is 12.1. The monoisotopic (exact) mass is 303 g/mol. The van der Waals surface area contributed by atoms with E-state index in [9.17, 15) is 4.79 Å². The van der Waals surface area contributed by atoms with Gasteiger partial charge in [0.1, 0.15) is 0 Å². The zero-order valence-corrected chi connectivity index (χ0v) is 13.8. The molecule has 1 fully saturated rings. The Kier molecular flexibility index (Phi) is 6.87. The van der Waals surface area contributed by atoms with Gasteiger partial charge in [0.25, 0.3) is 0 Å². The number of amides is 1. The first kappa shape index (κ1) is 17.0. The van der Waals surface area contributed by atoms with E-state index in [4.69, 9.17) is 0 Å². The number of rotatable bonds is 7. The summed E-state index contributed by atoms with van der Waals surface area (Å²) in [5, 5.41) is 6.40. The summed E-state index contributed by atoms with van der Waals surface area (Å²) in [6, 6.07) is 11.0. The molecule has 2 N–H and O–H groups in total. The fraction of sp³-hybridized carbons (Fsp3) is 0.611. The zero-order chi connectivity index (χ0) is 15.8. The average Bonchev–Trinajstić information content (AvgIpc) is 2.56. The highest BCUT2D eigenvalue weighted by atomic mass is 16.1. The number of piperidine rings is 1. The maximum Gasteiger partial charge on any atom is 0.223 e. The standard InChI is InChI=1S/C18H29N3O/c1-15(21(2)14-16-6-4-3-5-7-16)8-13-20-18(22)17-9-11-19-12-10-17/h3-7,15,17,19H,8-14H2,1-2H3,(H,20,22). The second-order valence-corrected chi connectivity index (χ2v) is 6.35. The SMILES string of the molecule is CC(CCNC(=O)C1CCNCC1)N(C)Cc1ccccc1. The number of nitrogens with one attached hydrogen (secondary N) is 2. The Morgan fingerprint density at radius 2 is 2.00 bits per heavy atom. The molecule has 0 aliphatic carbocycles. The van der Waals surface area contributed by atoms with Gasteiger partial charge in [0.05, 0.1) is 0 Å². The topological polar surface area (TPSA) is 44.4 Å². The summed E-state index contributed by atoms with van der Waals surface area (Å²) < 4.78 is 0. The predicted octanol–water partition coefficient (Wildman–Crippen LogP) is 2.01. The summed E-state index contributed by atoms with van der Waals surface area (Å²) in [7, 11) is 2.15. The normalized spacial score (nSPS) is 17.4. The van der Waals surface area contributed by atoms with Crippen molar-refractivity contribution in [1.82, 2.24) is 15.5 Å². The van der Waals surface area contributed by atoms with Crippen molar-refractivity contribution in [1.29, 1.82) is 0 Å². The molecule has 4 nitrogen and oxygen atoms in total. The Hall–Kier alpha value is -1.39. The van der Waals surface area contributed by atoms with E-state index in [0.717, 1.165) is 45.4 Å². The highest BCUT2D eigenvalue weighted by Crippen LogP contribution is 2.12. The van der Waals surface area contributed by atoms with Crippen LogP contribution in [0.3, 0.4) is 0 Å². The van der Waals surface area contributed by atoms with Crippen molar-refractivity contribution < 1.29 is 4.79 Å². The molecule has 4 heteroatoms. The van der Waals surface area contributed by atoms with E-state index in [0.29, 0.717) is 6.04 Å². The summed E-state index contributed by atoms with van der Waals surface area (Å²) in [6.45, 7) is 5.87. The third-order valence-electron chi connectivity index (χ3n) is 4.60. The van der Waals surface area contributed by atoms with Crippen LogP contribution in [0.5, 0.6) is 0 Å². The van der Waals surface area contributed by atoms with Crippen LogP contribution in [0.15, 0.2) is 30.3 Å². The molecule has 1 saturated heterocycles. The predicted molar refractivity (Wildman–Crippen MR) is 90.6 cm³/mol. The molecule has 1 aliphatic heterocycles. The lowest BCUT2D eigenvalue weighted by Gasteiger charge is -2.26. The Labute approximate surface area is 134 Å². The Morgan fingerprint density at radius 3 is 2.68 bits per heavy atom. The van der Waals surface area contributed by atoms with Crippen molar-refractivity contribution in [2.75, 3.05) is 26.7 Å². The van der Waals surface area contributed by atoms with Crippen molar-refractivity contribution >= 4 is 5.91 Å². The first-order chi connectivity index (χ1) is 10.7. The van der Waals surface area contributed by atoms with Crippen LogP contribution in [0.4, 0.5) is 0 Å². The van der Waals surface area contributed by atoms with Crippen molar-refractivity contribution in [3.05, 3.63) is 35.9 Å². The lowest BCUT2D eigenvalue weighted by atomic mass is 9.97. The van der Waals surface area contributed by atoms with Gasteiger partial charge < -0.3 is 10.6 Å². The van der Waals surface area contributed by atoms with Crippen molar-refractivity contribution in [2.24, 2.45) is 5.92 Å². The molecular formula is C18H29N3O. The van der Waals surface area contributed by atoms with Crippen LogP contribution in [0.2, 0.25) is 0 Å². The summed E-state index contributed by atoms with van der Waals surface area (Å²) in [5.41, 5.74) is 1.33. The molecule has 0 aromatic heterocycles. The Balaban J connectivity index is 1.66. The minimum absolute atomic E-state index is 0.207. The van der Waals surface area contributed by atoms with Gasteiger partial charge in [0.15, 0.2) is 0 Å². The number of nitrogens with zero attached hydrogens (tertiary/aromatic N) is 1. The fourth-order valence-electron chi connectivity index (χ4n) is 2.88. The van der Waals surface area contributed by atoms with Gasteiger partial charge in [-0.15, -0.1) is 0 Å². The molecule has 0 radical (unpaired) electrons. The quantitative estimate of drug-likeness (QED) is 0.810. The van der Waals surface area contributed by atoms with E-state index in [2.05, 4.69) is 53.8 Å². The molecule has 1 aromatic rings. The van der Waals surface area contributed by atoms with Crippen molar-refractivity contribution in [3.63, 3.8) is 0 Å². The summed E-state index contributed by atoms with van der Waals surface area (Å²) >= 11 is 0. The molecule has 22 heavy (non-hydrogen) atoms. The van der Waals surface area contributed by atoms with Gasteiger partial charge in [0, 0.05) is 25.0 Å². The molecule has 1 aromatic carbocycles.